The number of nitrogens with zero attached hydrogens (tertiary/aromatic N) is 1. The molecule has 98 valence electrons. The minimum Gasteiger partial charge on any atom is -0.378 e. The van der Waals surface area contributed by atoms with Gasteiger partial charge < -0.3 is 9.64 Å². The van der Waals surface area contributed by atoms with Crippen molar-refractivity contribution in [2.45, 2.75) is 64.5 Å². The van der Waals surface area contributed by atoms with Gasteiger partial charge in [0.1, 0.15) is 0 Å². The highest BCUT2D eigenvalue weighted by molar-refractivity contribution is 5.77. The summed E-state index contributed by atoms with van der Waals surface area (Å²) in [6.07, 6.45) is 6.58. The molecule has 3 nitrogen and oxygen atoms in total. The van der Waals surface area contributed by atoms with Crippen LogP contribution < -0.4 is 0 Å². The number of carbonyl (C=O) groups excluding carboxylic acids is 1. The van der Waals surface area contributed by atoms with Crippen molar-refractivity contribution in [2.24, 2.45) is 5.92 Å². The SMILES string of the molecule is CC(C)C1CCCCN1C(=O)CC1CCCO1. The van der Waals surface area contributed by atoms with Crippen LogP contribution >= 0.6 is 0 Å². The first-order valence-electron chi connectivity index (χ1n) is 7.09. The fourth-order valence-corrected chi connectivity index (χ4v) is 3.08. The van der Waals surface area contributed by atoms with Crippen LogP contribution in [0.25, 0.3) is 0 Å². The van der Waals surface area contributed by atoms with Crippen LogP contribution in [0.5, 0.6) is 0 Å². The second kappa shape index (κ2) is 5.85. The van der Waals surface area contributed by atoms with Crippen LogP contribution in [-0.4, -0.2) is 36.1 Å². The van der Waals surface area contributed by atoms with E-state index < -0.39 is 0 Å². The van der Waals surface area contributed by atoms with Gasteiger partial charge >= 0.3 is 0 Å². The van der Waals surface area contributed by atoms with Crippen LogP contribution in [0.4, 0.5) is 0 Å². The molecule has 3 heteroatoms. The summed E-state index contributed by atoms with van der Waals surface area (Å²) in [5.41, 5.74) is 0. The lowest BCUT2D eigenvalue weighted by atomic mass is 9.92. The predicted octanol–water partition coefficient (Wildman–Crippen LogP) is 2.59. The summed E-state index contributed by atoms with van der Waals surface area (Å²) in [5, 5.41) is 0. The van der Waals surface area contributed by atoms with Gasteiger partial charge in [-0.05, 0) is 38.0 Å². The first-order valence-corrected chi connectivity index (χ1v) is 7.09. The van der Waals surface area contributed by atoms with Gasteiger partial charge in [0.15, 0.2) is 0 Å². The van der Waals surface area contributed by atoms with Gasteiger partial charge in [-0.25, -0.2) is 0 Å². The predicted molar refractivity (Wildman–Crippen MR) is 67.8 cm³/mol. The number of hydrogen-bond acceptors (Lipinski definition) is 2. The molecular formula is C14H25NO2. The summed E-state index contributed by atoms with van der Waals surface area (Å²) in [6.45, 7) is 6.24. The number of rotatable bonds is 3. The van der Waals surface area contributed by atoms with Crippen molar-refractivity contribution in [2.75, 3.05) is 13.2 Å². The van der Waals surface area contributed by atoms with E-state index in [-0.39, 0.29) is 6.10 Å². The van der Waals surface area contributed by atoms with E-state index in [0.717, 1.165) is 26.0 Å². The van der Waals surface area contributed by atoms with Crippen molar-refractivity contribution in [3.05, 3.63) is 0 Å². The standard InChI is InChI=1S/C14H25NO2/c1-11(2)13-7-3-4-8-15(13)14(16)10-12-6-5-9-17-12/h11-13H,3-10H2,1-2H3. The molecule has 1 amide bonds. The number of ether oxygens (including phenoxy) is 1. The van der Waals surface area contributed by atoms with Crippen LogP contribution in [0.1, 0.15) is 52.4 Å². The second-order valence-corrected chi connectivity index (χ2v) is 5.73. The average molecular weight is 239 g/mol. The Morgan fingerprint density at radius 2 is 2.12 bits per heavy atom. The Kier molecular flexibility index (Phi) is 4.43. The molecule has 0 aliphatic carbocycles. The highest BCUT2D eigenvalue weighted by Gasteiger charge is 2.30. The molecule has 0 bridgehead atoms. The lowest BCUT2D eigenvalue weighted by Gasteiger charge is -2.38. The maximum atomic E-state index is 12.3. The zero-order chi connectivity index (χ0) is 12.3. The highest BCUT2D eigenvalue weighted by atomic mass is 16.5. The van der Waals surface area contributed by atoms with Crippen molar-refractivity contribution in [3.8, 4) is 0 Å². The number of hydrogen-bond donors (Lipinski definition) is 0. The summed E-state index contributed by atoms with van der Waals surface area (Å²) >= 11 is 0. The molecule has 2 rings (SSSR count). The summed E-state index contributed by atoms with van der Waals surface area (Å²) < 4.78 is 5.56. The van der Waals surface area contributed by atoms with E-state index in [1.165, 1.54) is 19.3 Å². The van der Waals surface area contributed by atoms with Crippen LogP contribution in [0.3, 0.4) is 0 Å². The van der Waals surface area contributed by atoms with Gasteiger partial charge in [0, 0.05) is 19.2 Å². The van der Waals surface area contributed by atoms with Crippen molar-refractivity contribution < 1.29 is 9.53 Å². The largest absolute Gasteiger partial charge is 0.378 e. The molecule has 2 unspecified atom stereocenters. The fourth-order valence-electron chi connectivity index (χ4n) is 3.08. The summed E-state index contributed by atoms with van der Waals surface area (Å²) in [5.74, 6) is 0.888. The van der Waals surface area contributed by atoms with E-state index >= 15 is 0 Å². The normalized spacial score (nSPS) is 29.9. The third-order valence-electron chi connectivity index (χ3n) is 4.07. The highest BCUT2D eigenvalue weighted by Crippen LogP contribution is 2.25. The van der Waals surface area contributed by atoms with Crippen LogP contribution in [0.15, 0.2) is 0 Å². The fraction of sp³-hybridized carbons (Fsp3) is 0.929. The molecule has 0 saturated carbocycles. The quantitative estimate of drug-likeness (QED) is 0.757. The molecule has 17 heavy (non-hydrogen) atoms. The van der Waals surface area contributed by atoms with E-state index in [4.69, 9.17) is 4.74 Å². The molecule has 2 atom stereocenters. The summed E-state index contributed by atoms with van der Waals surface area (Å²) in [4.78, 5) is 14.4. The van der Waals surface area contributed by atoms with Gasteiger partial charge in [0.25, 0.3) is 0 Å². The average Bonchev–Trinajstić information content (AvgIpc) is 2.81. The Morgan fingerprint density at radius 3 is 2.76 bits per heavy atom. The molecule has 2 aliphatic heterocycles. The second-order valence-electron chi connectivity index (χ2n) is 5.73. The van der Waals surface area contributed by atoms with Crippen molar-refractivity contribution in [1.29, 1.82) is 0 Å². The smallest absolute Gasteiger partial charge is 0.225 e. The number of piperidine rings is 1. The summed E-state index contributed by atoms with van der Waals surface area (Å²) in [6, 6.07) is 0.456. The monoisotopic (exact) mass is 239 g/mol. The molecule has 2 aliphatic rings. The number of likely N-dealkylation sites (tertiary alicyclic amines) is 1. The molecule has 0 aromatic carbocycles. The van der Waals surface area contributed by atoms with Crippen molar-refractivity contribution >= 4 is 5.91 Å². The van der Waals surface area contributed by atoms with Gasteiger partial charge in [0.05, 0.1) is 12.5 Å². The molecule has 0 radical (unpaired) electrons. The third kappa shape index (κ3) is 3.21. The molecule has 0 spiro atoms. The Bertz CT molecular complexity index is 259. The van der Waals surface area contributed by atoms with Gasteiger partial charge in [-0.3, -0.25) is 4.79 Å². The maximum Gasteiger partial charge on any atom is 0.225 e. The lowest BCUT2D eigenvalue weighted by Crippen LogP contribution is -2.47. The molecule has 2 saturated heterocycles. The zero-order valence-corrected chi connectivity index (χ0v) is 11.2. The first kappa shape index (κ1) is 12.9. The Balaban J connectivity index is 1.90. The van der Waals surface area contributed by atoms with Crippen molar-refractivity contribution in [3.63, 3.8) is 0 Å². The minimum atomic E-state index is 0.192. The minimum absolute atomic E-state index is 0.192. The molecule has 0 N–H and O–H groups in total. The van der Waals surface area contributed by atoms with Crippen LogP contribution in [0.2, 0.25) is 0 Å². The molecule has 0 aromatic rings. The van der Waals surface area contributed by atoms with Gasteiger partial charge in [-0.2, -0.15) is 0 Å². The first-order chi connectivity index (χ1) is 8.18. The Labute approximate surface area is 105 Å². The van der Waals surface area contributed by atoms with Gasteiger partial charge in [-0.1, -0.05) is 13.8 Å². The lowest BCUT2D eigenvalue weighted by molar-refractivity contribution is -0.138. The van der Waals surface area contributed by atoms with E-state index in [1.807, 2.05) is 0 Å². The Hall–Kier alpha value is -0.570. The molecule has 2 fully saturated rings. The third-order valence-corrected chi connectivity index (χ3v) is 4.07. The molecular weight excluding hydrogens is 214 g/mol. The van der Waals surface area contributed by atoms with Crippen molar-refractivity contribution in [1.82, 2.24) is 4.90 Å². The van der Waals surface area contributed by atoms with Crippen LogP contribution in [0, 0.1) is 5.92 Å². The van der Waals surface area contributed by atoms with E-state index in [2.05, 4.69) is 18.7 Å². The number of amides is 1. The zero-order valence-electron chi connectivity index (χ0n) is 11.2. The molecule has 0 aromatic heterocycles. The van der Waals surface area contributed by atoms with E-state index in [1.54, 1.807) is 0 Å². The van der Waals surface area contributed by atoms with Gasteiger partial charge in [-0.15, -0.1) is 0 Å². The topological polar surface area (TPSA) is 29.5 Å². The maximum absolute atomic E-state index is 12.3. The number of carbonyl (C=O) groups is 1. The van der Waals surface area contributed by atoms with E-state index in [0.29, 0.717) is 24.3 Å². The van der Waals surface area contributed by atoms with Gasteiger partial charge in [0.2, 0.25) is 5.91 Å². The molecule has 2 heterocycles. The van der Waals surface area contributed by atoms with E-state index in [9.17, 15) is 4.79 Å². The Morgan fingerprint density at radius 1 is 1.29 bits per heavy atom. The van der Waals surface area contributed by atoms with Crippen LogP contribution in [-0.2, 0) is 9.53 Å². The summed E-state index contributed by atoms with van der Waals surface area (Å²) in [7, 11) is 0.